The van der Waals surface area contributed by atoms with Crippen LogP contribution in [0.5, 0.6) is 11.5 Å². The quantitative estimate of drug-likeness (QED) is 0.664. The van der Waals surface area contributed by atoms with Crippen molar-refractivity contribution in [3.8, 4) is 11.5 Å². The van der Waals surface area contributed by atoms with Gasteiger partial charge in [-0.2, -0.15) is 0 Å². The number of rotatable bonds is 4. The van der Waals surface area contributed by atoms with Gasteiger partial charge in [-0.05, 0) is 23.3 Å². The molecule has 19 heavy (non-hydrogen) atoms. The molecule has 0 aliphatic heterocycles. The molecule has 2 rings (SSSR count). The molecule has 0 spiro atoms. The Morgan fingerprint density at radius 2 is 1.21 bits per heavy atom. The molecule has 0 unspecified atom stereocenters. The summed E-state index contributed by atoms with van der Waals surface area (Å²) in [6.45, 7) is 7.41. The van der Waals surface area contributed by atoms with Crippen molar-refractivity contribution >= 4 is 35.4 Å². The normalized spacial score (nSPS) is 10.0. The van der Waals surface area contributed by atoms with Gasteiger partial charge in [0.2, 0.25) is 0 Å². The molecule has 0 aromatic heterocycles. The number of hydrogen-bond acceptors (Lipinski definition) is 1. The van der Waals surface area contributed by atoms with Gasteiger partial charge in [-0.25, -0.2) is 0 Å². The van der Waals surface area contributed by atoms with Crippen molar-refractivity contribution in [1.29, 1.82) is 0 Å². The van der Waals surface area contributed by atoms with Crippen LogP contribution in [0.2, 0.25) is 10.0 Å². The van der Waals surface area contributed by atoms with Crippen molar-refractivity contribution in [3.63, 3.8) is 0 Å². The summed E-state index contributed by atoms with van der Waals surface area (Å²) in [6.07, 6.45) is 3.36. The third kappa shape index (κ3) is 2.83. The molecule has 2 aromatic rings. The second-order valence-electron chi connectivity index (χ2n) is 3.83. The van der Waals surface area contributed by atoms with Gasteiger partial charge < -0.3 is 4.74 Å². The first-order valence-corrected chi connectivity index (χ1v) is 6.42. The van der Waals surface area contributed by atoms with E-state index in [2.05, 4.69) is 13.2 Å². The first-order valence-electron chi connectivity index (χ1n) is 5.67. The summed E-state index contributed by atoms with van der Waals surface area (Å²) in [6, 6.07) is 11.0. The average Bonchev–Trinajstić information content (AvgIpc) is 2.43. The maximum atomic E-state index is 6.23. The van der Waals surface area contributed by atoms with Crippen molar-refractivity contribution in [2.24, 2.45) is 0 Å². The Balaban J connectivity index is 2.42. The van der Waals surface area contributed by atoms with Gasteiger partial charge in [-0.15, -0.1) is 0 Å². The summed E-state index contributed by atoms with van der Waals surface area (Å²) >= 11 is 12.5. The van der Waals surface area contributed by atoms with Crippen molar-refractivity contribution in [2.45, 2.75) is 0 Å². The number of ether oxygens (including phenoxy) is 1. The van der Waals surface area contributed by atoms with E-state index < -0.39 is 0 Å². The van der Waals surface area contributed by atoms with Crippen LogP contribution >= 0.6 is 23.2 Å². The summed E-state index contributed by atoms with van der Waals surface area (Å²) in [5.74, 6) is 1.09. The van der Waals surface area contributed by atoms with Crippen LogP contribution in [-0.4, -0.2) is 0 Å². The molecule has 0 fully saturated rings. The number of hydrogen-bond donors (Lipinski definition) is 0. The summed E-state index contributed by atoms with van der Waals surface area (Å²) in [5.41, 5.74) is 1.63. The molecule has 0 aliphatic carbocycles. The van der Waals surface area contributed by atoms with E-state index in [0.717, 1.165) is 11.1 Å². The molecule has 0 bridgehead atoms. The molecule has 0 heterocycles. The van der Waals surface area contributed by atoms with Gasteiger partial charge in [0.25, 0.3) is 0 Å². The fourth-order valence-electron chi connectivity index (χ4n) is 1.65. The third-order valence-electron chi connectivity index (χ3n) is 2.65. The van der Waals surface area contributed by atoms with Crippen molar-refractivity contribution in [1.82, 2.24) is 0 Å². The summed E-state index contributed by atoms with van der Waals surface area (Å²) in [5, 5.41) is 1.02. The highest BCUT2D eigenvalue weighted by molar-refractivity contribution is 6.34. The third-order valence-corrected chi connectivity index (χ3v) is 3.46. The molecule has 0 aliphatic rings. The summed E-state index contributed by atoms with van der Waals surface area (Å²) in [4.78, 5) is 0. The molecular weight excluding hydrogens is 279 g/mol. The fraction of sp³-hybridized carbons (Fsp3) is 0. The molecule has 0 saturated heterocycles. The Bertz CT molecular complexity index is 577. The van der Waals surface area contributed by atoms with Gasteiger partial charge >= 0.3 is 0 Å². The maximum absolute atomic E-state index is 6.23. The largest absolute Gasteiger partial charge is 0.454 e. The van der Waals surface area contributed by atoms with Crippen molar-refractivity contribution in [3.05, 3.63) is 70.7 Å². The number of halogens is 2. The Kier molecular flexibility index (Phi) is 4.31. The van der Waals surface area contributed by atoms with Crippen LogP contribution in [0.1, 0.15) is 11.1 Å². The lowest BCUT2D eigenvalue weighted by Gasteiger charge is -2.11. The molecule has 0 N–H and O–H groups in total. The highest BCUT2D eigenvalue weighted by Crippen LogP contribution is 2.37. The first kappa shape index (κ1) is 13.7. The fourth-order valence-corrected chi connectivity index (χ4v) is 2.13. The molecule has 1 nitrogen and oxygen atoms in total. The van der Waals surface area contributed by atoms with E-state index in [1.807, 2.05) is 24.3 Å². The van der Waals surface area contributed by atoms with Crippen LogP contribution in [0.3, 0.4) is 0 Å². The Morgan fingerprint density at radius 1 is 0.789 bits per heavy atom. The van der Waals surface area contributed by atoms with Gasteiger partial charge in [0.15, 0.2) is 0 Å². The number of benzene rings is 2. The highest BCUT2D eigenvalue weighted by Gasteiger charge is 2.10. The van der Waals surface area contributed by atoms with Gasteiger partial charge in [-0.1, -0.05) is 72.8 Å². The molecule has 3 heteroatoms. The SMILES string of the molecule is C=Cc1cccc(Oc2cccc(C=C)c2Cl)c1Cl. The summed E-state index contributed by atoms with van der Waals surface area (Å²) in [7, 11) is 0. The monoisotopic (exact) mass is 290 g/mol. The lowest BCUT2D eigenvalue weighted by atomic mass is 10.2. The van der Waals surface area contributed by atoms with Gasteiger partial charge in [0, 0.05) is 0 Å². The smallest absolute Gasteiger partial charge is 0.146 e. The predicted molar refractivity (Wildman–Crippen MR) is 83.2 cm³/mol. The zero-order valence-electron chi connectivity index (χ0n) is 10.2. The molecule has 0 radical (unpaired) electrons. The minimum atomic E-state index is 0.512. The Hall–Kier alpha value is -1.70. The zero-order valence-corrected chi connectivity index (χ0v) is 11.7. The van der Waals surface area contributed by atoms with E-state index in [-0.39, 0.29) is 0 Å². The van der Waals surface area contributed by atoms with Crippen LogP contribution in [-0.2, 0) is 0 Å². The zero-order chi connectivity index (χ0) is 13.8. The second-order valence-corrected chi connectivity index (χ2v) is 4.58. The topological polar surface area (TPSA) is 9.23 Å². The Morgan fingerprint density at radius 3 is 1.58 bits per heavy atom. The van der Waals surface area contributed by atoms with E-state index in [4.69, 9.17) is 27.9 Å². The van der Waals surface area contributed by atoms with Gasteiger partial charge in [0.05, 0.1) is 10.0 Å². The Labute approximate surface area is 122 Å². The summed E-state index contributed by atoms with van der Waals surface area (Å²) < 4.78 is 5.77. The first-order chi connectivity index (χ1) is 9.17. The van der Waals surface area contributed by atoms with E-state index in [1.165, 1.54) is 0 Å². The van der Waals surface area contributed by atoms with Crippen molar-refractivity contribution < 1.29 is 4.74 Å². The van der Waals surface area contributed by atoms with Crippen LogP contribution in [0.15, 0.2) is 49.6 Å². The van der Waals surface area contributed by atoms with Gasteiger partial charge in [0.1, 0.15) is 11.5 Å². The minimum absolute atomic E-state index is 0.512. The van der Waals surface area contributed by atoms with Gasteiger partial charge in [-0.3, -0.25) is 0 Å². The lowest BCUT2D eigenvalue weighted by Crippen LogP contribution is -1.89. The molecule has 0 amide bonds. The molecule has 96 valence electrons. The molecule has 0 atom stereocenters. The highest BCUT2D eigenvalue weighted by atomic mass is 35.5. The molecule has 0 saturated carbocycles. The van der Waals surface area contributed by atoms with Crippen LogP contribution in [0, 0.1) is 0 Å². The predicted octanol–water partition coefficient (Wildman–Crippen LogP) is 6.07. The maximum Gasteiger partial charge on any atom is 0.146 e. The van der Waals surface area contributed by atoms with Crippen molar-refractivity contribution in [2.75, 3.05) is 0 Å². The van der Waals surface area contributed by atoms with E-state index in [0.29, 0.717) is 21.5 Å². The minimum Gasteiger partial charge on any atom is -0.454 e. The van der Waals surface area contributed by atoms with E-state index in [1.54, 1.807) is 24.3 Å². The second kappa shape index (κ2) is 5.96. The molecular formula is C16H12Cl2O. The lowest BCUT2D eigenvalue weighted by molar-refractivity contribution is 0.483. The van der Waals surface area contributed by atoms with E-state index >= 15 is 0 Å². The van der Waals surface area contributed by atoms with Crippen LogP contribution < -0.4 is 4.74 Å². The van der Waals surface area contributed by atoms with Crippen LogP contribution in [0.4, 0.5) is 0 Å². The molecule has 2 aromatic carbocycles. The average molecular weight is 291 g/mol. The standard InChI is InChI=1S/C16H12Cl2O/c1-3-11-7-5-9-13(15(11)17)19-14-10-6-8-12(4-2)16(14)18/h3-10H,1-2H2. The van der Waals surface area contributed by atoms with Crippen LogP contribution in [0.25, 0.3) is 12.2 Å². The van der Waals surface area contributed by atoms with E-state index in [9.17, 15) is 0 Å².